The van der Waals surface area contributed by atoms with Gasteiger partial charge in [-0.1, -0.05) is 39.0 Å². The minimum Gasteiger partial charge on any atom is -0.197 e. The van der Waals surface area contributed by atoms with Crippen LogP contribution in [0.3, 0.4) is 0 Å². The summed E-state index contributed by atoms with van der Waals surface area (Å²) in [6, 6.07) is 2.14. The summed E-state index contributed by atoms with van der Waals surface area (Å²) in [4.78, 5) is 0. The molecule has 1 nitrogen and oxygen atoms in total. The second-order valence-electron chi connectivity index (χ2n) is 2.98. The maximum absolute atomic E-state index is 8.27. The molecule has 0 aromatic heterocycles. The first-order valence-corrected chi connectivity index (χ1v) is 6.02. The Morgan fingerprint density at radius 3 is 2.42 bits per heavy atom. The van der Waals surface area contributed by atoms with Crippen LogP contribution in [0.2, 0.25) is 0 Å². The molecule has 0 unspecified atom stereocenters. The highest BCUT2D eigenvalue weighted by atomic mass is 32.2. The predicted molar refractivity (Wildman–Crippen MR) is 56.3 cm³/mol. The molecule has 2 heteroatoms. The summed E-state index contributed by atoms with van der Waals surface area (Å²) >= 11 is 1.76. The summed E-state index contributed by atoms with van der Waals surface area (Å²) in [5.41, 5.74) is 0. The summed E-state index contributed by atoms with van der Waals surface area (Å²) in [7, 11) is 0. The normalized spacial score (nSPS) is 9.67. The molecule has 0 N–H and O–H groups in total. The van der Waals surface area contributed by atoms with E-state index in [9.17, 15) is 0 Å². The molecule has 0 fully saturated rings. The Morgan fingerprint density at radius 1 is 1.08 bits per heavy atom. The molecule has 0 spiro atoms. The number of hydrogen-bond donors (Lipinski definition) is 0. The lowest BCUT2D eigenvalue weighted by Crippen LogP contribution is -1.83. The molecule has 0 aliphatic rings. The molecule has 0 bridgehead atoms. The zero-order chi connectivity index (χ0) is 9.07. The number of nitrogens with zero attached hydrogens (tertiary/aromatic N) is 1. The van der Waals surface area contributed by atoms with Gasteiger partial charge < -0.3 is 0 Å². The van der Waals surface area contributed by atoms with E-state index in [0.29, 0.717) is 5.75 Å². The first kappa shape index (κ1) is 11.8. The summed E-state index contributed by atoms with van der Waals surface area (Å²) in [6.07, 6.45) is 8.10. The molecule has 12 heavy (non-hydrogen) atoms. The van der Waals surface area contributed by atoms with Crippen LogP contribution < -0.4 is 0 Å². The molecule has 0 aliphatic heterocycles. The fourth-order valence-corrected chi connectivity index (χ4v) is 1.75. The molecule has 0 radical (unpaired) electrons. The van der Waals surface area contributed by atoms with Gasteiger partial charge in [0, 0.05) is 0 Å². The van der Waals surface area contributed by atoms with Gasteiger partial charge in [0.2, 0.25) is 0 Å². The van der Waals surface area contributed by atoms with Crippen LogP contribution in [0.1, 0.15) is 45.4 Å². The Kier molecular flexibility index (Phi) is 10.7. The van der Waals surface area contributed by atoms with E-state index >= 15 is 0 Å². The van der Waals surface area contributed by atoms with Gasteiger partial charge >= 0.3 is 0 Å². The fourth-order valence-electron chi connectivity index (χ4n) is 1.10. The van der Waals surface area contributed by atoms with Crippen LogP contribution in [0.15, 0.2) is 0 Å². The number of thioether (sulfide) groups is 1. The minimum atomic E-state index is 0.662. The smallest absolute Gasteiger partial charge is 0.0808 e. The average Bonchev–Trinajstić information content (AvgIpc) is 2.10. The van der Waals surface area contributed by atoms with Crippen LogP contribution >= 0.6 is 11.8 Å². The van der Waals surface area contributed by atoms with Crippen molar-refractivity contribution in [1.82, 2.24) is 0 Å². The molecule has 0 saturated carbocycles. The third-order valence-corrected chi connectivity index (χ3v) is 2.72. The maximum Gasteiger partial charge on any atom is 0.0808 e. The Morgan fingerprint density at radius 2 is 1.75 bits per heavy atom. The van der Waals surface area contributed by atoms with Gasteiger partial charge in [0.25, 0.3) is 0 Å². The van der Waals surface area contributed by atoms with Gasteiger partial charge in [0.05, 0.1) is 11.8 Å². The second kappa shape index (κ2) is 10.8. The quantitative estimate of drug-likeness (QED) is 0.539. The van der Waals surface area contributed by atoms with Crippen molar-refractivity contribution >= 4 is 11.8 Å². The minimum absolute atomic E-state index is 0.662. The van der Waals surface area contributed by atoms with Crippen molar-refractivity contribution in [3.05, 3.63) is 0 Å². The summed E-state index contributed by atoms with van der Waals surface area (Å²) in [5, 5.41) is 8.27. The number of nitriles is 1. The molecule has 0 atom stereocenters. The van der Waals surface area contributed by atoms with Crippen LogP contribution in [0, 0.1) is 11.3 Å². The van der Waals surface area contributed by atoms with Crippen molar-refractivity contribution in [2.24, 2.45) is 0 Å². The van der Waals surface area contributed by atoms with Crippen molar-refractivity contribution in [3.63, 3.8) is 0 Å². The van der Waals surface area contributed by atoms with Gasteiger partial charge in [-0.25, -0.2) is 0 Å². The van der Waals surface area contributed by atoms with E-state index in [4.69, 9.17) is 5.26 Å². The van der Waals surface area contributed by atoms with Gasteiger partial charge in [-0.3, -0.25) is 0 Å². The monoisotopic (exact) mass is 185 g/mol. The van der Waals surface area contributed by atoms with E-state index < -0.39 is 0 Å². The molecule has 0 aromatic carbocycles. The lowest BCUT2D eigenvalue weighted by atomic mass is 10.1. The van der Waals surface area contributed by atoms with Crippen LogP contribution in [-0.2, 0) is 0 Å². The average molecular weight is 185 g/mol. The Hall–Kier alpha value is -0.160. The Balaban J connectivity index is 2.78. The van der Waals surface area contributed by atoms with E-state index in [0.717, 1.165) is 0 Å². The van der Waals surface area contributed by atoms with Gasteiger partial charge in [-0.05, 0) is 12.2 Å². The zero-order valence-electron chi connectivity index (χ0n) is 8.01. The molecular formula is C10H19NS. The van der Waals surface area contributed by atoms with Crippen LogP contribution in [0.5, 0.6) is 0 Å². The molecule has 0 aliphatic carbocycles. The van der Waals surface area contributed by atoms with Gasteiger partial charge in [-0.15, -0.1) is 11.8 Å². The number of rotatable bonds is 8. The van der Waals surface area contributed by atoms with Gasteiger partial charge in [-0.2, -0.15) is 5.26 Å². The first-order valence-electron chi connectivity index (χ1n) is 4.86. The van der Waals surface area contributed by atoms with Crippen molar-refractivity contribution in [3.8, 4) is 6.07 Å². The molecule has 0 heterocycles. The largest absolute Gasteiger partial charge is 0.197 e. The first-order chi connectivity index (χ1) is 5.91. The lowest BCUT2D eigenvalue weighted by Gasteiger charge is -1.98. The Bertz CT molecular complexity index is 117. The highest BCUT2D eigenvalue weighted by molar-refractivity contribution is 7.99. The SMILES string of the molecule is CCCCCCCCSCC#N. The standard InChI is InChI=1S/C10H19NS/c1-2-3-4-5-6-7-9-12-10-8-11/h2-7,9-10H2,1H3. The summed E-state index contributed by atoms with van der Waals surface area (Å²) in [6.45, 7) is 2.24. The molecule has 0 amide bonds. The highest BCUT2D eigenvalue weighted by Gasteiger charge is 1.90. The maximum atomic E-state index is 8.27. The van der Waals surface area contributed by atoms with Crippen molar-refractivity contribution in [2.45, 2.75) is 45.4 Å². The van der Waals surface area contributed by atoms with Crippen LogP contribution in [-0.4, -0.2) is 11.5 Å². The molecule has 0 aromatic rings. The van der Waals surface area contributed by atoms with E-state index in [1.165, 1.54) is 44.3 Å². The second-order valence-corrected chi connectivity index (χ2v) is 4.08. The van der Waals surface area contributed by atoms with Crippen LogP contribution in [0.4, 0.5) is 0 Å². The molecule has 70 valence electrons. The third kappa shape index (κ3) is 9.84. The van der Waals surface area contributed by atoms with Crippen molar-refractivity contribution in [2.75, 3.05) is 11.5 Å². The van der Waals surface area contributed by atoms with E-state index in [-0.39, 0.29) is 0 Å². The molecule has 0 rings (SSSR count). The zero-order valence-corrected chi connectivity index (χ0v) is 8.83. The molecule has 0 saturated heterocycles. The lowest BCUT2D eigenvalue weighted by molar-refractivity contribution is 0.627. The number of hydrogen-bond acceptors (Lipinski definition) is 2. The number of unbranched alkanes of at least 4 members (excludes halogenated alkanes) is 5. The van der Waals surface area contributed by atoms with E-state index in [1.54, 1.807) is 11.8 Å². The Labute approximate surface area is 80.5 Å². The summed E-state index contributed by atoms with van der Waals surface area (Å²) in [5.74, 6) is 1.83. The topological polar surface area (TPSA) is 23.8 Å². The van der Waals surface area contributed by atoms with Crippen LogP contribution in [0.25, 0.3) is 0 Å². The van der Waals surface area contributed by atoms with E-state index in [1.807, 2.05) is 0 Å². The predicted octanol–water partition coefficient (Wildman–Crippen LogP) is 3.60. The van der Waals surface area contributed by atoms with Crippen molar-refractivity contribution < 1.29 is 0 Å². The van der Waals surface area contributed by atoms with Crippen molar-refractivity contribution in [1.29, 1.82) is 5.26 Å². The van der Waals surface area contributed by atoms with Gasteiger partial charge in [0.1, 0.15) is 0 Å². The fraction of sp³-hybridized carbons (Fsp3) is 0.900. The highest BCUT2D eigenvalue weighted by Crippen LogP contribution is 2.08. The summed E-state index contributed by atoms with van der Waals surface area (Å²) < 4.78 is 0. The van der Waals surface area contributed by atoms with E-state index in [2.05, 4.69) is 13.0 Å². The third-order valence-electron chi connectivity index (χ3n) is 1.81. The van der Waals surface area contributed by atoms with Gasteiger partial charge in [0.15, 0.2) is 0 Å². The molecular weight excluding hydrogens is 166 g/mol.